The van der Waals surface area contributed by atoms with E-state index in [2.05, 4.69) is 49.9 Å². The van der Waals surface area contributed by atoms with Crippen LogP contribution in [0.4, 0.5) is 11.4 Å². The minimum absolute atomic E-state index is 0.0989. The van der Waals surface area contributed by atoms with Crippen LogP contribution in [0.2, 0.25) is 0 Å². The first-order valence-electron chi connectivity index (χ1n) is 6.53. The fraction of sp³-hybridized carbons (Fsp3) is 0.286. The molecular formula is C14H12BrIN2O2S. The number of thiophene rings is 1. The van der Waals surface area contributed by atoms with Gasteiger partial charge in [-0.3, -0.25) is 10.1 Å². The molecule has 0 aliphatic heterocycles. The summed E-state index contributed by atoms with van der Waals surface area (Å²) in [4.78, 5) is 11.9. The highest BCUT2D eigenvalue weighted by molar-refractivity contribution is 14.1. The number of halogens is 2. The largest absolute Gasteiger partial charge is 0.377 e. The molecule has 4 nitrogen and oxygen atoms in total. The predicted molar refractivity (Wildman–Crippen MR) is 97.1 cm³/mol. The lowest BCUT2D eigenvalue weighted by molar-refractivity contribution is -0.384. The standard InChI is InChI=1S/C14H12BrIN2O2S/c15-10-6-8(18(19)20)4-5-12(10)17-11-2-1-3-13-9(11)7-14(16)21-13/h4-7,11,17H,1-3H2. The van der Waals surface area contributed by atoms with Gasteiger partial charge in [0.05, 0.1) is 13.8 Å². The summed E-state index contributed by atoms with van der Waals surface area (Å²) in [5.41, 5.74) is 2.38. The summed E-state index contributed by atoms with van der Waals surface area (Å²) >= 11 is 7.65. The van der Waals surface area contributed by atoms with Gasteiger partial charge in [-0.2, -0.15) is 0 Å². The first kappa shape index (κ1) is 15.2. The van der Waals surface area contributed by atoms with E-state index in [1.165, 1.54) is 25.8 Å². The number of fused-ring (bicyclic) bond motifs is 1. The molecule has 1 N–H and O–H groups in total. The Kier molecular flexibility index (Phi) is 4.51. The summed E-state index contributed by atoms with van der Waals surface area (Å²) in [6.07, 6.45) is 3.41. The Bertz CT molecular complexity index is 704. The third-order valence-corrected chi connectivity index (χ3v) is 6.20. The second-order valence-electron chi connectivity index (χ2n) is 4.94. The van der Waals surface area contributed by atoms with Crippen LogP contribution >= 0.6 is 49.9 Å². The zero-order valence-corrected chi connectivity index (χ0v) is 15.5. The summed E-state index contributed by atoms with van der Waals surface area (Å²) in [7, 11) is 0. The normalized spacial score (nSPS) is 17.3. The van der Waals surface area contributed by atoms with Crippen molar-refractivity contribution in [3.8, 4) is 0 Å². The number of hydrogen-bond acceptors (Lipinski definition) is 4. The Morgan fingerprint density at radius 1 is 1.43 bits per heavy atom. The van der Waals surface area contributed by atoms with E-state index in [0.29, 0.717) is 0 Å². The summed E-state index contributed by atoms with van der Waals surface area (Å²) in [5, 5.41) is 14.3. The molecule has 21 heavy (non-hydrogen) atoms. The van der Waals surface area contributed by atoms with Gasteiger partial charge < -0.3 is 5.32 Å². The van der Waals surface area contributed by atoms with Crippen LogP contribution in [0, 0.1) is 13.0 Å². The van der Waals surface area contributed by atoms with E-state index >= 15 is 0 Å². The Labute approximate surface area is 148 Å². The lowest BCUT2D eigenvalue weighted by Gasteiger charge is -2.25. The molecule has 2 aromatic rings. The SMILES string of the molecule is O=[N+]([O-])c1ccc(NC2CCCc3sc(I)cc32)c(Br)c1. The van der Waals surface area contributed by atoms with Crippen molar-refractivity contribution in [3.05, 3.63) is 52.2 Å². The smallest absolute Gasteiger partial charge is 0.270 e. The van der Waals surface area contributed by atoms with Crippen LogP contribution in [-0.2, 0) is 6.42 Å². The third kappa shape index (κ3) is 3.24. The number of rotatable bonds is 3. The molecule has 0 radical (unpaired) electrons. The van der Waals surface area contributed by atoms with E-state index < -0.39 is 0 Å². The van der Waals surface area contributed by atoms with Crippen LogP contribution in [0.15, 0.2) is 28.7 Å². The van der Waals surface area contributed by atoms with Crippen molar-refractivity contribution < 1.29 is 4.92 Å². The van der Waals surface area contributed by atoms with E-state index in [9.17, 15) is 10.1 Å². The topological polar surface area (TPSA) is 55.2 Å². The monoisotopic (exact) mass is 478 g/mol. The number of anilines is 1. The summed E-state index contributed by atoms with van der Waals surface area (Å²) in [6, 6.07) is 7.38. The maximum absolute atomic E-state index is 10.8. The molecule has 0 bridgehead atoms. The number of benzene rings is 1. The van der Waals surface area contributed by atoms with Crippen LogP contribution in [0.25, 0.3) is 0 Å². The molecule has 0 saturated heterocycles. The van der Waals surface area contributed by atoms with Crippen LogP contribution in [0.5, 0.6) is 0 Å². The number of nitro groups is 1. The quantitative estimate of drug-likeness (QED) is 0.359. The van der Waals surface area contributed by atoms with Gasteiger partial charge in [-0.25, -0.2) is 0 Å². The minimum Gasteiger partial charge on any atom is -0.377 e. The van der Waals surface area contributed by atoms with Crippen molar-refractivity contribution in [2.45, 2.75) is 25.3 Å². The Morgan fingerprint density at radius 3 is 2.95 bits per heavy atom. The second kappa shape index (κ2) is 6.21. The fourth-order valence-electron chi connectivity index (χ4n) is 2.59. The molecule has 1 aliphatic carbocycles. The highest BCUT2D eigenvalue weighted by Gasteiger charge is 2.23. The maximum Gasteiger partial charge on any atom is 0.270 e. The molecule has 1 aromatic carbocycles. The number of nitro benzene ring substituents is 1. The molecule has 1 aliphatic rings. The van der Waals surface area contributed by atoms with Crippen molar-refractivity contribution in [3.63, 3.8) is 0 Å². The van der Waals surface area contributed by atoms with E-state index in [4.69, 9.17) is 0 Å². The third-order valence-electron chi connectivity index (χ3n) is 3.58. The molecular weight excluding hydrogens is 467 g/mol. The molecule has 110 valence electrons. The van der Waals surface area contributed by atoms with E-state index in [0.717, 1.165) is 23.0 Å². The Hall–Kier alpha value is -0.670. The van der Waals surface area contributed by atoms with Crippen molar-refractivity contribution >= 4 is 61.2 Å². The highest BCUT2D eigenvalue weighted by atomic mass is 127. The molecule has 0 saturated carbocycles. The van der Waals surface area contributed by atoms with Crippen molar-refractivity contribution in [1.82, 2.24) is 0 Å². The van der Waals surface area contributed by atoms with Gasteiger partial charge in [-0.05, 0) is 75.5 Å². The van der Waals surface area contributed by atoms with Crippen LogP contribution in [0.3, 0.4) is 0 Å². The molecule has 0 amide bonds. The van der Waals surface area contributed by atoms with Gasteiger partial charge in [0.15, 0.2) is 0 Å². The van der Waals surface area contributed by atoms with Gasteiger partial charge in [0.1, 0.15) is 0 Å². The van der Waals surface area contributed by atoms with E-state index in [1.54, 1.807) is 12.1 Å². The van der Waals surface area contributed by atoms with Gasteiger partial charge in [-0.1, -0.05) is 0 Å². The number of nitrogens with one attached hydrogen (secondary N) is 1. The van der Waals surface area contributed by atoms with Gasteiger partial charge in [-0.15, -0.1) is 11.3 Å². The van der Waals surface area contributed by atoms with Crippen LogP contribution in [-0.4, -0.2) is 4.92 Å². The second-order valence-corrected chi connectivity index (χ2v) is 8.82. The average molecular weight is 479 g/mol. The predicted octanol–water partition coefficient (Wildman–Crippen LogP) is 5.51. The van der Waals surface area contributed by atoms with Crippen molar-refractivity contribution in [2.24, 2.45) is 0 Å². The first-order valence-corrected chi connectivity index (χ1v) is 9.22. The summed E-state index contributed by atoms with van der Waals surface area (Å²) in [6.45, 7) is 0. The van der Waals surface area contributed by atoms with Gasteiger partial charge >= 0.3 is 0 Å². The first-order chi connectivity index (χ1) is 10.0. The molecule has 1 unspecified atom stereocenters. The zero-order chi connectivity index (χ0) is 15.0. The maximum atomic E-state index is 10.8. The lowest BCUT2D eigenvalue weighted by Crippen LogP contribution is -2.15. The highest BCUT2D eigenvalue weighted by Crippen LogP contribution is 2.39. The number of hydrogen-bond donors (Lipinski definition) is 1. The van der Waals surface area contributed by atoms with Crippen molar-refractivity contribution in [2.75, 3.05) is 5.32 Å². The molecule has 3 rings (SSSR count). The molecule has 1 atom stereocenters. The molecule has 0 fully saturated rings. The van der Waals surface area contributed by atoms with E-state index in [-0.39, 0.29) is 16.7 Å². The number of nitrogens with zero attached hydrogens (tertiary/aromatic N) is 1. The molecule has 0 spiro atoms. The van der Waals surface area contributed by atoms with Crippen molar-refractivity contribution in [1.29, 1.82) is 0 Å². The lowest BCUT2D eigenvalue weighted by atomic mass is 9.94. The molecule has 1 heterocycles. The average Bonchev–Trinajstić information content (AvgIpc) is 2.82. The van der Waals surface area contributed by atoms with E-state index in [1.807, 2.05) is 11.3 Å². The number of non-ortho nitro benzene ring substituents is 1. The Morgan fingerprint density at radius 2 is 2.24 bits per heavy atom. The van der Waals surface area contributed by atoms with Gasteiger partial charge in [0.25, 0.3) is 5.69 Å². The zero-order valence-electron chi connectivity index (χ0n) is 10.9. The van der Waals surface area contributed by atoms with Crippen LogP contribution < -0.4 is 5.32 Å². The van der Waals surface area contributed by atoms with Gasteiger partial charge in [0.2, 0.25) is 0 Å². The molecule has 1 aromatic heterocycles. The molecule has 7 heteroatoms. The summed E-state index contributed by atoms with van der Waals surface area (Å²) < 4.78 is 2.04. The minimum atomic E-state index is -0.380. The van der Waals surface area contributed by atoms with Gasteiger partial charge in [0, 0.05) is 27.2 Å². The number of aryl methyl sites for hydroxylation is 1. The fourth-order valence-corrected chi connectivity index (χ4v) is 5.19. The summed E-state index contributed by atoms with van der Waals surface area (Å²) in [5.74, 6) is 0. The Balaban J connectivity index is 1.86. The van der Waals surface area contributed by atoms with Crippen LogP contribution in [0.1, 0.15) is 29.3 Å².